The summed E-state index contributed by atoms with van der Waals surface area (Å²) in [5.41, 5.74) is 5.53. The number of aliphatic hydroxyl groups is 1. The summed E-state index contributed by atoms with van der Waals surface area (Å²) < 4.78 is 0. The number of allylic oxidation sites excluding steroid dienone is 7. The smallest absolute Gasteiger partial charge is 0.0614 e. The van der Waals surface area contributed by atoms with E-state index in [0.717, 1.165) is 32.1 Å². The summed E-state index contributed by atoms with van der Waals surface area (Å²) in [6.07, 6.45) is 16.4. The van der Waals surface area contributed by atoms with Crippen LogP contribution in [0, 0.1) is 6.42 Å². The predicted octanol–water partition coefficient (Wildman–Crippen LogP) is 5.94. The van der Waals surface area contributed by atoms with Crippen LogP contribution in [0.25, 0.3) is 0 Å². The van der Waals surface area contributed by atoms with Crippen LogP contribution in [0.4, 0.5) is 0 Å². The first-order chi connectivity index (χ1) is 9.95. The Hall–Kier alpha value is -0.106. The van der Waals surface area contributed by atoms with Crippen LogP contribution in [0.15, 0.2) is 46.6 Å². The summed E-state index contributed by atoms with van der Waals surface area (Å²) in [5.74, 6) is 0. The Morgan fingerprint density at radius 1 is 0.818 bits per heavy atom. The van der Waals surface area contributed by atoms with Crippen molar-refractivity contribution in [3.63, 3.8) is 0 Å². The fraction of sp³-hybridized carbons (Fsp3) is 0.550. The van der Waals surface area contributed by atoms with E-state index in [1.54, 1.807) is 0 Å². The third-order valence-corrected chi connectivity index (χ3v) is 3.40. The van der Waals surface area contributed by atoms with Gasteiger partial charge in [0.2, 0.25) is 0 Å². The maximum atomic E-state index is 8.80. The van der Waals surface area contributed by atoms with Gasteiger partial charge in [0, 0.05) is 32.7 Å². The van der Waals surface area contributed by atoms with Crippen LogP contribution in [0.1, 0.15) is 66.7 Å². The minimum absolute atomic E-state index is 0. The molecule has 1 nitrogen and oxygen atoms in total. The zero-order valence-corrected chi connectivity index (χ0v) is 18.0. The molecule has 0 atom stereocenters. The molecule has 0 unspecified atom stereocenters. The molecule has 1 radical (unpaired) electrons. The van der Waals surface area contributed by atoms with Gasteiger partial charge in [-0.3, -0.25) is 0 Å². The van der Waals surface area contributed by atoms with E-state index in [1.807, 2.05) is 6.08 Å². The van der Waals surface area contributed by atoms with E-state index in [0.29, 0.717) is 0 Å². The number of rotatable bonds is 10. The van der Waals surface area contributed by atoms with Crippen LogP contribution in [0.2, 0.25) is 0 Å². The van der Waals surface area contributed by atoms with E-state index >= 15 is 0 Å². The minimum atomic E-state index is 0. The molecule has 0 fully saturated rings. The van der Waals surface area contributed by atoms with Gasteiger partial charge in [-0.2, -0.15) is 0 Å². The normalized spacial score (nSPS) is 12.7. The Bertz CT molecular complexity index is 396. The van der Waals surface area contributed by atoms with Crippen molar-refractivity contribution < 1.29 is 37.8 Å². The van der Waals surface area contributed by atoms with Crippen molar-refractivity contribution in [2.45, 2.75) is 66.7 Å². The molecule has 0 aliphatic heterocycles. The molecule has 2 heteroatoms. The standard InChI is InChI=1S/C20H33O.Y/c1-17(2)9-6-10-18(3)11-7-12-19(4)13-8-14-20(5)15-16-21;/h7,9,11,13,15,21H,6,8,10,12,14,16H2,1-5H3;/q-1;/b18-11+,19-13+,20-15+;. The van der Waals surface area contributed by atoms with Crippen LogP contribution in [0.5, 0.6) is 0 Å². The molecule has 1 N–H and O–H groups in total. The fourth-order valence-electron chi connectivity index (χ4n) is 2.01. The molecule has 0 spiro atoms. The molecule has 0 aliphatic carbocycles. The van der Waals surface area contributed by atoms with Crippen molar-refractivity contribution in [2.24, 2.45) is 0 Å². The summed E-state index contributed by atoms with van der Waals surface area (Å²) >= 11 is 0. The molecular formula is C20H33OY-. The molecule has 22 heavy (non-hydrogen) atoms. The first kappa shape index (κ1) is 24.2. The molecule has 0 saturated heterocycles. The number of aliphatic hydroxyl groups excluding tert-OH is 1. The van der Waals surface area contributed by atoms with Gasteiger partial charge in [0.15, 0.2) is 0 Å². The second-order valence-electron chi connectivity index (χ2n) is 6.10. The Kier molecular flexibility index (Phi) is 17.3. The summed E-state index contributed by atoms with van der Waals surface area (Å²) in [6.45, 7) is 10.9. The van der Waals surface area contributed by atoms with Gasteiger partial charge in [-0.15, -0.1) is 6.92 Å². The predicted molar refractivity (Wildman–Crippen MR) is 95.2 cm³/mol. The van der Waals surface area contributed by atoms with Crippen LogP contribution in [0.3, 0.4) is 0 Å². The molecule has 0 aromatic rings. The van der Waals surface area contributed by atoms with Crippen LogP contribution >= 0.6 is 0 Å². The van der Waals surface area contributed by atoms with Gasteiger partial charge in [-0.25, -0.2) is 18.1 Å². The molecule has 0 amide bonds. The van der Waals surface area contributed by atoms with E-state index in [4.69, 9.17) is 5.11 Å². The van der Waals surface area contributed by atoms with E-state index in [9.17, 15) is 0 Å². The van der Waals surface area contributed by atoms with Gasteiger partial charge in [-0.05, 0) is 47.0 Å². The Labute approximate surface area is 163 Å². The quantitative estimate of drug-likeness (QED) is 0.369. The minimum Gasteiger partial charge on any atom is -0.392 e. The first-order valence-electron chi connectivity index (χ1n) is 8.00. The SMILES string of the molecule is CC(C)=CCC/C(C)=C/[CH-]C/C(C)=C/CC/C(C)=C/CO.[Y]. The van der Waals surface area contributed by atoms with Crippen molar-refractivity contribution >= 4 is 0 Å². The van der Waals surface area contributed by atoms with Crippen molar-refractivity contribution in [2.75, 3.05) is 6.61 Å². The van der Waals surface area contributed by atoms with Gasteiger partial charge in [0.25, 0.3) is 0 Å². The van der Waals surface area contributed by atoms with Crippen LogP contribution < -0.4 is 0 Å². The van der Waals surface area contributed by atoms with Crippen molar-refractivity contribution in [1.29, 1.82) is 0 Å². The van der Waals surface area contributed by atoms with E-state index < -0.39 is 0 Å². The molecule has 0 aliphatic rings. The van der Waals surface area contributed by atoms with Gasteiger partial charge in [0.1, 0.15) is 0 Å². The fourth-order valence-corrected chi connectivity index (χ4v) is 2.01. The number of hydrogen-bond donors (Lipinski definition) is 1. The number of hydrogen-bond acceptors (Lipinski definition) is 1. The average molecular weight is 378 g/mol. The van der Waals surface area contributed by atoms with Crippen molar-refractivity contribution in [3.05, 3.63) is 53.0 Å². The van der Waals surface area contributed by atoms with Gasteiger partial charge >= 0.3 is 0 Å². The maximum Gasteiger partial charge on any atom is 0.0614 e. The van der Waals surface area contributed by atoms with Crippen LogP contribution in [-0.4, -0.2) is 11.7 Å². The first-order valence-corrected chi connectivity index (χ1v) is 8.00. The largest absolute Gasteiger partial charge is 0.392 e. The van der Waals surface area contributed by atoms with Crippen LogP contribution in [-0.2, 0) is 32.7 Å². The molecule has 0 aromatic carbocycles. The average Bonchev–Trinajstić information content (AvgIpc) is 2.38. The second kappa shape index (κ2) is 15.8. The molecule has 0 saturated carbocycles. The van der Waals surface area contributed by atoms with Crippen molar-refractivity contribution in [3.8, 4) is 0 Å². The summed E-state index contributed by atoms with van der Waals surface area (Å²) in [5, 5.41) is 8.80. The Balaban J connectivity index is 0. The van der Waals surface area contributed by atoms with E-state index in [2.05, 4.69) is 59.3 Å². The monoisotopic (exact) mass is 378 g/mol. The summed E-state index contributed by atoms with van der Waals surface area (Å²) in [6, 6.07) is 0. The van der Waals surface area contributed by atoms with Gasteiger partial charge in [0.05, 0.1) is 6.61 Å². The van der Waals surface area contributed by atoms with Gasteiger partial charge in [-0.1, -0.05) is 47.8 Å². The van der Waals surface area contributed by atoms with Gasteiger partial charge < -0.3 is 5.11 Å². The van der Waals surface area contributed by atoms with Crippen molar-refractivity contribution in [1.82, 2.24) is 0 Å². The van der Waals surface area contributed by atoms with E-state index in [-0.39, 0.29) is 39.3 Å². The second-order valence-corrected chi connectivity index (χ2v) is 6.10. The zero-order chi connectivity index (χ0) is 16.1. The zero-order valence-electron chi connectivity index (χ0n) is 15.2. The summed E-state index contributed by atoms with van der Waals surface area (Å²) in [4.78, 5) is 0. The van der Waals surface area contributed by atoms with E-state index in [1.165, 1.54) is 22.3 Å². The molecule has 0 aromatic heterocycles. The molecule has 0 rings (SSSR count). The summed E-state index contributed by atoms with van der Waals surface area (Å²) in [7, 11) is 0. The molecule has 0 heterocycles. The molecule has 0 bridgehead atoms. The third-order valence-electron chi connectivity index (χ3n) is 3.40. The Morgan fingerprint density at radius 2 is 1.41 bits per heavy atom. The maximum absolute atomic E-state index is 8.80. The third kappa shape index (κ3) is 16.3. The Morgan fingerprint density at radius 3 is 2.00 bits per heavy atom. The molecule has 123 valence electrons. The molecular weight excluding hydrogens is 345 g/mol. The topological polar surface area (TPSA) is 20.2 Å².